The minimum absolute atomic E-state index is 0.270. The summed E-state index contributed by atoms with van der Waals surface area (Å²) in [6.45, 7) is 3.10. The van der Waals surface area contributed by atoms with Crippen molar-refractivity contribution in [3.05, 3.63) is 107 Å². The molecule has 2 heterocycles. The van der Waals surface area contributed by atoms with Gasteiger partial charge < -0.3 is 19.7 Å². The molecule has 0 radical (unpaired) electrons. The molecule has 0 unspecified atom stereocenters. The molecule has 4 aromatic rings. The molecule has 0 saturated carbocycles. The van der Waals surface area contributed by atoms with Gasteiger partial charge in [-0.2, -0.15) is 0 Å². The number of rotatable bonds is 8. The number of carbonyl (C=O) groups is 3. The van der Waals surface area contributed by atoms with Crippen molar-refractivity contribution in [2.75, 3.05) is 43.1 Å². The minimum Gasteiger partial charge on any atom is -0.489 e. The monoisotopic (exact) mass is 579 g/mol. The van der Waals surface area contributed by atoms with E-state index in [1.165, 1.54) is 5.39 Å². The molecule has 3 amide bonds. The van der Waals surface area contributed by atoms with Crippen LogP contribution in [0.3, 0.4) is 0 Å². The zero-order valence-corrected chi connectivity index (χ0v) is 23.6. The van der Waals surface area contributed by atoms with Crippen LogP contribution < -0.4 is 15.0 Å². The second-order valence-corrected chi connectivity index (χ2v) is 11.0. The molecule has 9 heteroatoms. The van der Waals surface area contributed by atoms with E-state index in [0.29, 0.717) is 31.3 Å². The van der Waals surface area contributed by atoms with Gasteiger partial charge in [0.25, 0.3) is 11.1 Å². The molecule has 0 atom stereocenters. The Labute approximate surface area is 247 Å². The molecular formula is C33H29N3O5S. The van der Waals surface area contributed by atoms with Gasteiger partial charge in [0.05, 0.1) is 18.1 Å². The van der Waals surface area contributed by atoms with Crippen LogP contribution in [0, 0.1) is 0 Å². The lowest BCUT2D eigenvalue weighted by atomic mass is 10.1. The molecule has 2 aliphatic heterocycles. The molecule has 6 rings (SSSR count). The van der Waals surface area contributed by atoms with E-state index >= 15 is 0 Å². The first-order valence-electron chi connectivity index (χ1n) is 13.7. The standard InChI is InChI=1S/C33H29N3O5S/c37-31(34-26-10-12-27(13-11-26)35-16-18-40-19-17-35)21-36-32(38)30(42-33(36)39)20-23-8-14-28(15-9-23)41-22-25-6-3-5-24-4-1-2-7-29(24)25/h1-15,20H,16-19,21-22H2,(H,34,37)/b30-20+. The molecule has 8 nitrogen and oxygen atoms in total. The number of anilines is 2. The minimum atomic E-state index is -0.487. The SMILES string of the molecule is O=C(CN1C(=O)S/C(=C/c2ccc(OCc3cccc4ccccc34)cc2)C1=O)Nc1ccc(N2CCOCC2)cc1. The van der Waals surface area contributed by atoms with Gasteiger partial charge in [0, 0.05) is 24.5 Å². The Hall–Kier alpha value is -4.60. The van der Waals surface area contributed by atoms with Crippen LogP contribution in [-0.4, -0.2) is 54.8 Å². The fourth-order valence-electron chi connectivity index (χ4n) is 4.95. The zero-order chi connectivity index (χ0) is 28.9. The van der Waals surface area contributed by atoms with Gasteiger partial charge in [0.2, 0.25) is 5.91 Å². The second kappa shape index (κ2) is 12.5. The highest BCUT2D eigenvalue weighted by Gasteiger charge is 2.36. The number of nitrogens with zero attached hydrogens (tertiary/aromatic N) is 2. The highest BCUT2D eigenvalue weighted by molar-refractivity contribution is 8.18. The molecule has 212 valence electrons. The van der Waals surface area contributed by atoms with Gasteiger partial charge in [-0.1, -0.05) is 54.6 Å². The fraction of sp³-hybridized carbons (Fsp3) is 0.182. The molecule has 0 aliphatic carbocycles. The van der Waals surface area contributed by atoms with E-state index in [4.69, 9.17) is 9.47 Å². The number of thioether (sulfide) groups is 1. The molecule has 0 aromatic heterocycles. The molecular weight excluding hydrogens is 550 g/mol. The lowest BCUT2D eigenvalue weighted by Crippen LogP contribution is -2.36. The molecule has 2 fully saturated rings. The molecule has 4 aromatic carbocycles. The lowest BCUT2D eigenvalue weighted by Gasteiger charge is -2.28. The highest BCUT2D eigenvalue weighted by atomic mass is 32.2. The maximum Gasteiger partial charge on any atom is 0.294 e. The topological polar surface area (TPSA) is 88.2 Å². The highest BCUT2D eigenvalue weighted by Crippen LogP contribution is 2.32. The summed E-state index contributed by atoms with van der Waals surface area (Å²) in [4.78, 5) is 41.6. The summed E-state index contributed by atoms with van der Waals surface area (Å²) in [5.74, 6) is -0.229. The van der Waals surface area contributed by atoms with Crippen molar-refractivity contribution >= 4 is 57.0 Å². The van der Waals surface area contributed by atoms with E-state index in [-0.39, 0.29) is 11.4 Å². The summed E-state index contributed by atoms with van der Waals surface area (Å²) in [6, 6.07) is 29.2. The Bertz CT molecular complexity index is 1640. The number of ether oxygens (including phenoxy) is 2. The number of amides is 3. The largest absolute Gasteiger partial charge is 0.489 e. The van der Waals surface area contributed by atoms with Gasteiger partial charge in [-0.25, -0.2) is 0 Å². The predicted octanol–water partition coefficient (Wildman–Crippen LogP) is 5.93. The van der Waals surface area contributed by atoms with E-state index in [2.05, 4.69) is 34.5 Å². The number of benzene rings is 4. The van der Waals surface area contributed by atoms with E-state index in [1.54, 1.807) is 6.08 Å². The zero-order valence-electron chi connectivity index (χ0n) is 22.8. The predicted molar refractivity (Wildman–Crippen MR) is 166 cm³/mol. The van der Waals surface area contributed by atoms with E-state index in [9.17, 15) is 14.4 Å². The van der Waals surface area contributed by atoms with Crippen LogP contribution in [0.4, 0.5) is 16.2 Å². The Morgan fingerprint density at radius 2 is 1.64 bits per heavy atom. The lowest BCUT2D eigenvalue weighted by molar-refractivity contribution is -0.127. The second-order valence-electron chi connectivity index (χ2n) is 9.96. The third-order valence-corrected chi connectivity index (χ3v) is 8.06. The number of imide groups is 1. The average Bonchev–Trinajstić information content (AvgIpc) is 3.28. The van der Waals surface area contributed by atoms with Crippen LogP contribution in [0.2, 0.25) is 0 Å². The van der Waals surface area contributed by atoms with Crippen molar-refractivity contribution in [1.82, 2.24) is 4.90 Å². The Morgan fingerprint density at radius 1 is 0.905 bits per heavy atom. The van der Waals surface area contributed by atoms with E-state index < -0.39 is 17.1 Å². The smallest absolute Gasteiger partial charge is 0.294 e. The van der Waals surface area contributed by atoms with Gasteiger partial charge in [0.15, 0.2) is 0 Å². The van der Waals surface area contributed by atoms with Gasteiger partial charge in [-0.3, -0.25) is 19.3 Å². The number of morpholine rings is 1. The fourth-order valence-corrected chi connectivity index (χ4v) is 5.79. The van der Waals surface area contributed by atoms with Crippen LogP contribution in [-0.2, 0) is 20.9 Å². The summed E-state index contributed by atoms with van der Waals surface area (Å²) < 4.78 is 11.4. The van der Waals surface area contributed by atoms with E-state index in [1.807, 2.05) is 66.7 Å². The van der Waals surface area contributed by atoms with Crippen LogP contribution in [0.25, 0.3) is 16.8 Å². The van der Waals surface area contributed by atoms with E-state index in [0.717, 1.165) is 52.0 Å². The summed E-state index contributed by atoms with van der Waals surface area (Å²) in [5.41, 5.74) is 3.50. The average molecular weight is 580 g/mol. The van der Waals surface area contributed by atoms with Gasteiger partial charge >= 0.3 is 0 Å². The van der Waals surface area contributed by atoms with Crippen molar-refractivity contribution in [3.63, 3.8) is 0 Å². The van der Waals surface area contributed by atoms with Crippen LogP contribution in [0.15, 0.2) is 95.9 Å². The first-order chi connectivity index (χ1) is 20.5. The number of hydrogen-bond donors (Lipinski definition) is 1. The summed E-state index contributed by atoms with van der Waals surface area (Å²) in [5, 5.41) is 4.62. The Morgan fingerprint density at radius 3 is 2.43 bits per heavy atom. The van der Waals surface area contributed by atoms with Crippen LogP contribution >= 0.6 is 11.8 Å². The molecule has 2 saturated heterocycles. The third-order valence-electron chi connectivity index (χ3n) is 7.15. The quantitative estimate of drug-likeness (QED) is 0.259. The maximum atomic E-state index is 13.0. The maximum absolute atomic E-state index is 13.0. The number of fused-ring (bicyclic) bond motifs is 1. The van der Waals surface area contributed by atoms with Crippen molar-refractivity contribution in [1.29, 1.82) is 0 Å². The first kappa shape index (κ1) is 27.6. The first-order valence-corrected chi connectivity index (χ1v) is 14.5. The van der Waals surface area contributed by atoms with Gasteiger partial charge in [-0.15, -0.1) is 0 Å². The molecule has 1 N–H and O–H groups in total. The number of nitrogens with one attached hydrogen (secondary N) is 1. The third kappa shape index (κ3) is 6.32. The van der Waals surface area contributed by atoms with Crippen molar-refractivity contribution in [2.24, 2.45) is 0 Å². The molecule has 0 bridgehead atoms. The number of hydrogen-bond acceptors (Lipinski definition) is 7. The van der Waals surface area contributed by atoms with Crippen molar-refractivity contribution < 1.29 is 23.9 Å². The molecule has 2 aliphatic rings. The summed E-state index contributed by atoms with van der Waals surface area (Å²) >= 11 is 0.827. The summed E-state index contributed by atoms with van der Waals surface area (Å²) in [6.07, 6.45) is 1.65. The van der Waals surface area contributed by atoms with Crippen molar-refractivity contribution in [3.8, 4) is 5.75 Å². The molecule has 42 heavy (non-hydrogen) atoms. The van der Waals surface area contributed by atoms with Crippen LogP contribution in [0.5, 0.6) is 5.75 Å². The summed E-state index contributed by atoms with van der Waals surface area (Å²) in [7, 11) is 0. The Kier molecular flexibility index (Phi) is 8.21. The molecule has 0 spiro atoms. The van der Waals surface area contributed by atoms with Gasteiger partial charge in [0.1, 0.15) is 18.9 Å². The number of carbonyl (C=O) groups excluding carboxylic acids is 3. The van der Waals surface area contributed by atoms with Gasteiger partial charge in [-0.05, 0) is 76.1 Å². The normalized spacial score (nSPS) is 16.3. The Balaban J connectivity index is 1.04. The van der Waals surface area contributed by atoms with Crippen molar-refractivity contribution in [2.45, 2.75) is 6.61 Å². The van der Waals surface area contributed by atoms with Crippen LogP contribution in [0.1, 0.15) is 11.1 Å².